The Balaban J connectivity index is 1.79. The average molecular weight is 445 g/mol. The van der Waals surface area contributed by atoms with Gasteiger partial charge in [0, 0.05) is 25.7 Å². The number of nitrogens with one attached hydrogen (secondary N) is 3. The number of hydrogen-bond acceptors (Lipinski definition) is 6. The van der Waals surface area contributed by atoms with Crippen molar-refractivity contribution in [1.29, 1.82) is 0 Å². The molecule has 4 N–H and O–H groups in total. The van der Waals surface area contributed by atoms with Crippen LogP contribution in [0.3, 0.4) is 0 Å². The molecule has 32 heavy (non-hydrogen) atoms. The zero-order chi connectivity index (χ0) is 23.1. The van der Waals surface area contributed by atoms with E-state index in [1.165, 1.54) is 18.9 Å². The van der Waals surface area contributed by atoms with Crippen LogP contribution in [0.15, 0.2) is 30.3 Å². The molecule has 3 unspecified atom stereocenters. The molecule has 1 aliphatic carbocycles. The second-order valence-electron chi connectivity index (χ2n) is 8.21. The summed E-state index contributed by atoms with van der Waals surface area (Å²) in [7, 11) is 1.51. The average Bonchev–Trinajstić information content (AvgIpc) is 3.60. The van der Waals surface area contributed by atoms with Crippen molar-refractivity contribution in [3.63, 3.8) is 0 Å². The van der Waals surface area contributed by atoms with Gasteiger partial charge in [0.2, 0.25) is 17.7 Å². The zero-order valence-corrected chi connectivity index (χ0v) is 18.5. The number of aliphatic hydroxyl groups excluding tert-OH is 1. The minimum Gasteiger partial charge on any atom is -0.492 e. The van der Waals surface area contributed by atoms with Crippen LogP contribution in [0.5, 0.6) is 5.75 Å². The first-order valence-corrected chi connectivity index (χ1v) is 11.0. The number of aliphatic hydroxyl groups is 1. The summed E-state index contributed by atoms with van der Waals surface area (Å²) >= 11 is 0. The van der Waals surface area contributed by atoms with E-state index in [0.717, 1.165) is 18.4 Å². The second-order valence-corrected chi connectivity index (χ2v) is 8.21. The maximum atomic E-state index is 13.2. The molecule has 1 fully saturated rings. The van der Waals surface area contributed by atoms with Crippen LogP contribution in [0.1, 0.15) is 25.3 Å². The lowest BCUT2D eigenvalue weighted by Crippen LogP contribution is -2.58. The Hall–Kier alpha value is -2.91. The van der Waals surface area contributed by atoms with Crippen LogP contribution in [0.2, 0.25) is 0 Å². The number of para-hydroxylation sites is 1. The molecule has 0 radical (unpaired) electrons. The first kappa shape index (κ1) is 23.7. The summed E-state index contributed by atoms with van der Waals surface area (Å²) in [5.74, 6) is -0.304. The van der Waals surface area contributed by atoms with Gasteiger partial charge in [-0.3, -0.25) is 14.4 Å². The molecule has 2 aliphatic rings. The third kappa shape index (κ3) is 6.30. The van der Waals surface area contributed by atoms with Crippen molar-refractivity contribution in [3.05, 3.63) is 35.9 Å². The summed E-state index contributed by atoms with van der Waals surface area (Å²) in [5, 5.41) is 18.7. The first-order chi connectivity index (χ1) is 15.4. The van der Waals surface area contributed by atoms with Gasteiger partial charge < -0.3 is 30.7 Å². The van der Waals surface area contributed by atoms with Crippen LogP contribution in [-0.2, 0) is 14.4 Å². The van der Waals surface area contributed by atoms with Gasteiger partial charge in [0.15, 0.2) is 0 Å². The molecule has 1 aromatic rings. The predicted octanol–water partition coefficient (Wildman–Crippen LogP) is -0.0994. The van der Waals surface area contributed by atoms with Crippen molar-refractivity contribution in [2.75, 3.05) is 33.3 Å². The molecule has 3 amide bonds. The predicted molar refractivity (Wildman–Crippen MR) is 120 cm³/mol. The van der Waals surface area contributed by atoms with E-state index in [2.05, 4.69) is 16.0 Å². The van der Waals surface area contributed by atoms with Gasteiger partial charge in [0.05, 0.1) is 18.7 Å². The van der Waals surface area contributed by atoms with Crippen LogP contribution in [0, 0.1) is 5.92 Å². The Morgan fingerprint density at radius 3 is 2.62 bits per heavy atom. The molecule has 9 nitrogen and oxygen atoms in total. The molecule has 1 aliphatic heterocycles. The van der Waals surface area contributed by atoms with Gasteiger partial charge in [0.25, 0.3) is 0 Å². The number of hydrogen-bond donors (Lipinski definition) is 4. The largest absolute Gasteiger partial charge is 0.492 e. The molecule has 174 valence electrons. The maximum absolute atomic E-state index is 13.2. The molecule has 1 heterocycles. The van der Waals surface area contributed by atoms with Crippen molar-refractivity contribution >= 4 is 23.8 Å². The highest BCUT2D eigenvalue weighted by molar-refractivity contribution is 5.92. The Morgan fingerprint density at radius 2 is 1.91 bits per heavy atom. The summed E-state index contributed by atoms with van der Waals surface area (Å²) in [6.45, 7) is 2.31. The van der Waals surface area contributed by atoms with Gasteiger partial charge in [-0.1, -0.05) is 30.4 Å². The number of fused-ring (bicyclic) bond motifs is 1. The molecule has 1 saturated carbocycles. The fourth-order valence-electron chi connectivity index (χ4n) is 3.78. The summed E-state index contributed by atoms with van der Waals surface area (Å²) in [5.41, 5.74) is 0.880. The highest BCUT2D eigenvalue weighted by Gasteiger charge is 2.41. The van der Waals surface area contributed by atoms with E-state index in [9.17, 15) is 19.5 Å². The Labute approximate surface area is 188 Å². The summed E-state index contributed by atoms with van der Waals surface area (Å²) in [6.07, 6.45) is 4.42. The molecular formula is C23H32N4O5. The first-order valence-electron chi connectivity index (χ1n) is 11.0. The number of carbonyl (C=O) groups is 3. The fourth-order valence-corrected chi connectivity index (χ4v) is 3.78. The Bertz CT molecular complexity index is 853. The monoisotopic (exact) mass is 444 g/mol. The second kappa shape index (κ2) is 11.1. The standard InChI is InChI=1S/C23H32N4O5/c1-15(28)21-22(30)26-14-19(29)24-11-5-7-16-6-3-4-8-18(16)32-13-12-25-20(17-9-10-17)23(31)27(21)2/h3-8,15,17,20-21,25,28H,9-14H2,1-2H3,(H,24,29)(H,26,30)/b7-5+. The van der Waals surface area contributed by atoms with E-state index in [1.807, 2.05) is 30.3 Å². The smallest absolute Gasteiger partial charge is 0.245 e. The number of rotatable bonds is 2. The summed E-state index contributed by atoms with van der Waals surface area (Å²) in [4.78, 5) is 39.2. The molecule has 0 aromatic heterocycles. The van der Waals surface area contributed by atoms with E-state index in [-0.39, 0.29) is 30.8 Å². The van der Waals surface area contributed by atoms with Crippen LogP contribution in [-0.4, -0.2) is 79.2 Å². The molecule has 3 rings (SSSR count). The fraction of sp³-hybridized carbons (Fsp3) is 0.522. The molecule has 9 heteroatoms. The minimum atomic E-state index is -1.10. The quantitative estimate of drug-likeness (QED) is 0.506. The van der Waals surface area contributed by atoms with Gasteiger partial charge in [-0.2, -0.15) is 0 Å². The van der Waals surface area contributed by atoms with Crippen LogP contribution in [0.25, 0.3) is 6.08 Å². The van der Waals surface area contributed by atoms with E-state index in [0.29, 0.717) is 18.9 Å². The lowest BCUT2D eigenvalue weighted by molar-refractivity contribution is -0.144. The van der Waals surface area contributed by atoms with Gasteiger partial charge in [-0.15, -0.1) is 0 Å². The van der Waals surface area contributed by atoms with Crippen molar-refractivity contribution in [1.82, 2.24) is 20.9 Å². The van der Waals surface area contributed by atoms with E-state index in [4.69, 9.17) is 4.74 Å². The third-order valence-electron chi connectivity index (χ3n) is 5.63. The molecule has 3 atom stereocenters. The highest BCUT2D eigenvalue weighted by Crippen LogP contribution is 2.33. The molecule has 0 saturated heterocycles. The Kier molecular flexibility index (Phi) is 8.24. The van der Waals surface area contributed by atoms with Gasteiger partial charge in [-0.25, -0.2) is 0 Å². The van der Waals surface area contributed by atoms with Crippen LogP contribution >= 0.6 is 0 Å². The van der Waals surface area contributed by atoms with Crippen molar-refractivity contribution in [3.8, 4) is 5.75 Å². The number of benzene rings is 1. The summed E-state index contributed by atoms with van der Waals surface area (Å²) < 4.78 is 5.91. The number of likely N-dealkylation sites (N-methyl/N-ethyl adjacent to an activating group) is 1. The SMILES string of the molecule is CC(O)C1C(=O)NCC(=O)NC/C=C/c2ccccc2OCCNC(C2CC2)C(=O)N1C. The topological polar surface area (TPSA) is 120 Å². The number of amides is 3. The molecule has 0 spiro atoms. The summed E-state index contributed by atoms with van der Waals surface area (Å²) in [6, 6.07) is 6.02. The van der Waals surface area contributed by atoms with Gasteiger partial charge >= 0.3 is 0 Å². The number of ether oxygens (including phenoxy) is 1. The van der Waals surface area contributed by atoms with Crippen molar-refractivity contribution in [2.24, 2.45) is 5.92 Å². The third-order valence-corrected chi connectivity index (χ3v) is 5.63. The zero-order valence-electron chi connectivity index (χ0n) is 18.5. The van der Waals surface area contributed by atoms with Crippen LogP contribution < -0.4 is 20.7 Å². The molecule has 1 aromatic carbocycles. The van der Waals surface area contributed by atoms with E-state index >= 15 is 0 Å². The molecular weight excluding hydrogens is 412 g/mol. The van der Waals surface area contributed by atoms with E-state index < -0.39 is 24.1 Å². The number of carbonyl (C=O) groups excluding carboxylic acids is 3. The lowest BCUT2D eigenvalue weighted by Gasteiger charge is -2.32. The lowest BCUT2D eigenvalue weighted by atomic mass is 10.1. The van der Waals surface area contributed by atoms with Crippen molar-refractivity contribution < 1.29 is 24.2 Å². The normalized spacial score (nSPS) is 26.0. The highest BCUT2D eigenvalue weighted by atomic mass is 16.5. The van der Waals surface area contributed by atoms with Gasteiger partial charge in [0.1, 0.15) is 18.4 Å². The van der Waals surface area contributed by atoms with E-state index in [1.54, 1.807) is 6.08 Å². The Morgan fingerprint density at radius 1 is 1.16 bits per heavy atom. The number of nitrogens with zero attached hydrogens (tertiary/aromatic N) is 1. The van der Waals surface area contributed by atoms with Crippen LogP contribution in [0.4, 0.5) is 0 Å². The molecule has 0 bridgehead atoms. The minimum absolute atomic E-state index is 0.189. The van der Waals surface area contributed by atoms with Gasteiger partial charge in [-0.05, 0) is 31.7 Å². The van der Waals surface area contributed by atoms with Crippen molar-refractivity contribution in [2.45, 2.75) is 38.0 Å². The maximum Gasteiger partial charge on any atom is 0.245 e.